The van der Waals surface area contributed by atoms with Crippen molar-refractivity contribution in [3.63, 3.8) is 0 Å². The summed E-state index contributed by atoms with van der Waals surface area (Å²) in [6, 6.07) is 11.9. The van der Waals surface area contributed by atoms with Crippen molar-refractivity contribution in [3.05, 3.63) is 59.7 Å². The maximum absolute atomic E-state index is 12.1. The molecule has 2 aromatic rings. The summed E-state index contributed by atoms with van der Waals surface area (Å²) >= 11 is 0. The second-order valence-electron chi connectivity index (χ2n) is 5.25. The fourth-order valence-electron chi connectivity index (χ4n) is 2.00. The molecule has 0 fully saturated rings. The van der Waals surface area contributed by atoms with Crippen LogP contribution in [0.1, 0.15) is 11.1 Å². The molecule has 9 heteroatoms. The van der Waals surface area contributed by atoms with Crippen LogP contribution in [-0.4, -0.2) is 31.6 Å². The van der Waals surface area contributed by atoms with Gasteiger partial charge in [-0.25, -0.2) is 9.98 Å². The lowest BCUT2D eigenvalue weighted by Gasteiger charge is -2.08. The Bertz CT molecular complexity index is 830. The number of methoxy groups -OCH3 is 1. The Hall–Kier alpha value is -3.36. The van der Waals surface area contributed by atoms with Gasteiger partial charge in [0.25, 0.3) is 0 Å². The number of amidine groups is 1. The minimum Gasteiger partial charge on any atom is -0.469 e. The van der Waals surface area contributed by atoms with Gasteiger partial charge in [-0.15, -0.1) is 13.2 Å². The highest BCUT2D eigenvalue weighted by atomic mass is 19.4. The lowest BCUT2D eigenvalue weighted by Crippen LogP contribution is -2.16. The Kier molecular flexibility index (Phi) is 6.53. The number of carbonyl (C=O) groups is 1. The van der Waals surface area contributed by atoms with E-state index in [9.17, 15) is 18.0 Å². The van der Waals surface area contributed by atoms with Gasteiger partial charge in [-0.3, -0.25) is 4.79 Å². The van der Waals surface area contributed by atoms with Gasteiger partial charge in [-0.05, 0) is 29.8 Å². The summed E-state index contributed by atoms with van der Waals surface area (Å²) in [7, 11) is 1.32. The Morgan fingerprint density at radius 2 is 1.74 bits per heavy atom. The molecule has 0 saturated heterocycles. The molecule has 0 saturated carbocycles. The molecule has 0 spiro atoms. The number of hydrogen-bond donors (Lipinski definition) is 1. The highest BCUT2D eigenvalue weighted by molar-refractivity contribution is 6.01. The zero-order valence-electron chi connectivity index (χ0n) is 14.2. The Labute approximate surface area is 153 Å². The molecule has 2 N–H and O–H groups in total. The molecule has 0 amide bonds. The second kappa shape index (κ2) is 8.84. The summed E-state index contributed by atoms with van der Waals surface area (Å²) in [5.74, 6) is -0.486. The minimum absolute atomic E-state index is 0.156. The molecular formula is C18H16F3N3O3. The number of benzene rings is 2. The summed E-state index contributed by atoms with van der Waals surface area (Å²) in [6.07, 6.45) is -3.39. The van der Waals surface area contributed by atoms with Crippen molar-refractivity contribution in [3.8, 4) is 5.75 Å². The van der Waals surface area contributed by atoms with E-state index < -0.39 is 6.36 Å². The first-order valence-electron chi connectivity index (χ1n) is 7.64. The zero-order valence-corrected chi connectivity index (χ0v) is 14.2. The van der Waals surface area contributed by atoms with Crippen molar-refractivity contribution >= 4 is 23.8 Å². The first kappa shape index (κ1) is 20.0. The fourth-order valence-corrected chi connectivity index (χ4v) is 2.00. The third-order valence-corrected chi connectivity index (χ3v) is 3.30. The van der Waals surface area contributed by atoms with Crippen molar-refractivity contribution in [2.45, 2.75) is 12.8 Å². The molecule has 0 aliphatic heterocycles. The van der Waals surface area contributed by atoms with Crippen LogP contribution >= 0.6 is 0 Å². The summed E-state index contributed by atoms with van der Waals surface area (Å²) in [5, 5.41) is 0. The molecule has 0 atom stereocenters. The molecule has 2 aromatic carbocycles. The van der Waals surface area contributed by atoms with E-state index in [1.54, 1.807) is 24.3 Å². The zero-order chi connectivity index (χ0) is 19.9. The van der Waals surface area contributed by atoms with Gasteiger partial charge in [0.05, 0.1) is 19.2 Å². The first-order chi connectivity index (χ1) is 12.8. The third kappa shape index (κ3) is 6.81. The van der Waals surface area contributed by atoms with Crippen LogP contribution in [0.5, 0.6) is 5.75 Å². The van der Waals surface area contributed by atoms with Crippen LogP contribution in [-0.2, 0) is 16.0 Å². The minimum atomic E-state index is -4.74. The van der Waals surface area contributed by atoms with Crippen molar-refractivity contribution in [1.82, 2.24) is 0 Å². The van der Waals surface area contributed by atoms with Crippen LogP contribution in [0.2, 0.25) is 0 Å². The Morgan fingerprint density at radius 3 is 2.30 bits per heavy atom. The fraction of sp³-hybridized carbons (Fsp3) is 0.167. The van der Waals surface area contributed by atoms with Gasteiger partial charge in [0, 0.05) is 5.56 Å². The average molecular weight is 379 g/mol. The second-order valence-corrected chi connectivity index (χ2v) is 5.25. The normalized spacial score (nSPS) is 12.2. The van der Waals surface area contributed by atoms with E-state index in [2.05, 4.69) is 19.5 Å². The quantitative estimate of drug-likeness (QED) is 0.474. The molecule has 0 aromatic heterocycles. The van der Waals surface area contributed by atoms with Crippen molar-refractivity contribution in [2.24, 2.45) is 15.7 Å². The van der Waals surface area contributed by atoms with E-state index in [0.717, 1.165) is 17.7 Å². The number of nitrogens with zero attached hydrogens (tertiary/aromatic N) is 2. The van der Waals surface area contributed by atoms with E-state index >= 15 is 0 Å². The van der Waals surface area contributed by atoms with Crippen LogP contribution in [0.3, 0.4) is 0 Å². The standard InChI is InChI=1S/C18H16F3N3O3/c1-26-16(25)10-12-2-4-13(5-3-12)17(22)24-11-23-14-6-8-15(9-7-14)27-18(19,20)21/h2-9,11H,10H2,1H3,(H2,22,23,24). The van der Waals surface area contributed by atoms with Gasteiger partial charge in [0.1, 0.15) is 17.9 Å². The van der Waals surface area contributed by atoms with E-state index in [4.69, 9.17) is 5.73 Å². The van der Waals surface area contributed by atoms with Gasteiger partial charge in [-0.2, -0.15) is 0 Å². The number of aliphatic imine (C=N–C) groups is 2. The lowest BCUT2D eigenvalue weighted by atomic mass is 10.1. The number of halogens is 3. The first-order valence-corrected chi connectivity index (χ1v) is 7.64. The summed E-state index contributed by atoms with van der Waals surface area (Å²) < 4.78 is 44.6. The molecule has 0 aliphatic rings. The van der Waals surface area contributed by atoms with Crippen LogP contribution in [0.15, 0.2) is 58.5 Å². The van der Waals surface area contributed by atoms with Gasteiger partial charge in [-0.1, -0.05) is 24.3 Å². The smallest absolute Gasteiger partial charge is 0.469 e. The summed E-state index contributed by atoms with van der Waals surface area (Å²) in [6.45, 7) is 0. The number of ether oxygens (including phenoxy) is 2. The molecule has 0 radical (unpaired) electrons. The number of carbonyl (C=O) groups excluding carboxylic acids is 1. The van der Waals surface area contributed by atoms with E-state index in [1.165, 1.54) is 25.6 Å². The monoisotopic (exact) mass is 379 g/mol. The van der Waals surface area contributed by atoms with Gasteiger partial charge in [0.15, 0.2) is 0 Å². The third-order valence-electron chi connectivity index (χ3n) is 3.30. The largest absolute Gasteiger partial charge is 0.573 e. The van der Waals surface area contributed by atoms with E-state index in [1.807, 2.05) is 0 Å². The van der Waals surface area contributed by atoms with Crippen molar-refractivity contribution in [2.75, 3.05) is 7.11 Å². The summed E-state index contributed by atoms with van der Waals surface area (Å²) in [5.41, 5.74) is 7.64. The summed E-state index contributed by atoms with van der Waals surface area (Å²) in [4.78, 5) is 19.2. The maximum Gasteiger partial charge on any atom is 0.573 e. The lowest BCUT2D eigenvalue weighted by molar-refractivity contribution is -0.274. The SMILES string of the molecule is COC(=O)Cc1ccc(C(N)=NC=Nc2ccc(OC(F)(F)F)cc2)cc1. The average Bonchev–Trinajstić information content (AvgIpc) is 2.62. The van der Waals surface area contributed by atoms with Gasteiger partial charge >= 0.3 is 12.3 Å². The number of nitrogens with two attached hydrogens (primary N) is 1. The number of alkyl halides is 3. The number of rotatable bonds is 6. The van der Waals surface area contributed by atoms with Gasteiger partial charge in [0.2, 0.25) is 0 Å². The molecule has 0 heterocycles. The molecule has 27 heavy (non-hydrogen) atoms. The van der Waals surface area contributed by atoms with Crippen molar-refractivity contribution < 1.29 is 27.4 Å². The highest BCUT2D eigenvalue weighted by Gasteiger charge is 2.30. The number of esters is 1. The predicted octanol–water partition coefficient (Wildman–Crippen LogP) is 3.37. The Balaban J connectivity index is 1.99. The molecule has 2 rings (SSSR count). The Morgan fingerprint density at radius 1 is 1.11 bits per heavy atom. The van der Waals surface area contributed by atoms with Crippen LogP contribution in [0.4, 0.5) is 18.9 Å². The molecule has 6 nitrogen and oxygen atoms in total. The maximum atomic E-state index is 12.1. The van der Waals surface area contributed by atoms with Crippen molar-refractivity contribution in [1.29, 1.82) is 0 Å². The topological polar surface area (TPSA) is 86.3 Å². The predicted molar refractivity (Wildman–Crippen MR) is 94.2 cm³/mol. The van der Waals surface area contributed by atoms with Gasteiger partial charge < -0.3 is 15.2 Å². The molecule has 142 valence electrons. The number of hydrogen-bond acceptors (Lipinski definition) is 4. The highest BCUT2D eigenvalue weighted by Crippen LogP contribution is 2.24. The van der Waals surface area contributed by atoms with Crippen LogP contribution in [0, 0.1) is 0 Å². The van der Waals surface area contributed by atoms with E-state index in [0.29, 0.717) is 11.3 Å². The molecular weight excluding hydrogens is 363 g/mol. The molecule has 0 aliphatic carbocycles. The van der Waals surface area contributed by atoms with E-state index in [-0.39, 0.29) is 24.0 Å². The molecule has 0 unspecified atom stereocenters. The van der Waals surface area contributed by atoms with Crippen LogP contribution in [0.25, 0.3) is 0 Å². The molecule has 0 bridgehead atoms. The van der Waals surface area contributed by atoms with Crippen LogP contribution < -0.4 is 10.5 Å².